The first-order valence-corrected chi connectivity index (χ1v) is 12.4. The van der Waals surface area contributed by atoms with E-state index >= 15 is 0 Å². The molecule has 1 aliphatic heterocycles. The van der Waals surface area contributed by atoms with Gasteiger partial charge in [0.05, 0.1) is 4.75 Å². The van der Waals surface area contributed by atoms with Crippen LogP contribution in [0.3, 0.4) is 0 Å². The van der Waals surface area contributed by atoms with Crippen molar-refractivity contribution in [3.63, 3.8) is 0 Å². The normalized spacial score (nSPS) is 23.6. The molecule has 1 heterocycles. The Balaban J connectivity index is 1.49. The first kappa shape index (κ1) is 21.5. The second-order valence-corrected chi connectivity index (χ2v) is 12.2. The molecule has 8 heteroatoms. The molecular formula is C20H31N3O3S2. The summed E-state index contributed by atoms with van der Waals surface area (Å²) in [6.45, 7) is 6.16. The quantitative estimate of drug-likeness (QED) is 0.702. The first-order chi connectivity index (χ1) is 13.2. The van der Waals surface area contributed by atoms with Crippen LogP contribution >= 0.6 is 11.9 Å². The number of amides is 1. The average Bonchev–Trinajstić information content (AvgIpc) is 3.16. The molecule has 1 saturated carbocycles. The van der Waals surface area contributed by atoms with Crippen molar-refractivity contribution in [2.75, 3.05) is 21.9 Å². The number of sulfonamides is 1. The molecule has 0 bridgehead atoms. The number of benzene rings is 1. The molecule has 0 radical (unpaired) electrons. The van der Waals surface area contributed by atoms with E-state index in [1.165, 1.54) is 12.1 Å². The summed E-state index contributed by atoms with van der Waals surface area (Å²) in [5, 5.41) is 3.01. The van der Waals surface area contributed by atoms with Crippen molar-refractivity contribution in [1.82, 2.24) is 4.72 Å². The van der Waals surface area contributed by atoms with Gasteiger partial charge in [-0.1, -0.05) is 0 Å². The molecule has 0 atom stereocenters. The molecule has 1 amide bonds. The van der Waals surface area contributed by atoms with Gasteiger partial charge in [-0.15, -0.1) is 0 Å². The van der Waals surface area contributed by atoms with E-state index in [1.807, 2.05) is 36.2 Å². The highest BCUT2D eigenvalue weighted by molar-refractivity contribution is 8.00. The van der Waals surface area contributed by atoms with Gasteiger partial charge in [0, 0.05) is 35.6 Å². The zero-order valence-electron chi connectivity index (χ0n) is 16.9. The number of nitrogens with zero attached hydrogens (tertiary/aromatic N) is 1. The lowest BCUT2D eigenvalue weighted by Gasteiger charge is -2.30. The average molecular weight is 426 g/mol. The molecule has 0 unspecified atom stereocenters. The van der Waals surface area contributed by atoms with Crippen LogP contribution in [0, 0.1) is 5.92 Å². The SMILES string of the molecule is CC(C)(C)S(=O)(=O)NC1CCC(C(=O)Nc2ccc(N3CCCS3)cc2)CC1. The van der Waals surface area contributed by atoms with Gasteiger partial charge in [-0.3, -0.25) is 4.79 Å². The van der Waals surface area contributed by atoms with E-state index in [2.05, 4.69) is 14.3 Å². The highest BCUT2D eigenvalue weighted by Gasteiger charge is 2.34. The van der Waals surface area contributed by atoms with E-state index < -0.39 is 14.8 Å². The molecule has 1 aromatic rings. The molecule has 2 fully saturated rings. The number of hydrogen-bond donors (Lipinski definition) is 2. The van der Waals surface area contributed by atoms with Gasteiger partial charge in [0.15, 0.2) is 0 Å². The lowest BCUT2D eigenvalue weighted by atomic mass is 9.86. The largest absolute Gasteiger partial charge is 0.326 e. The second-order valence-electron chi connectivity index (χ2n) is 8.61. The Kier molecular flexibility index (Phi) is 6.61. The maximum Gasteiger partial charge on any atom is 0.227 e. The first-order valence-electron chi connectivity index (χ1n) is 9.99. The summed E-state index contributed by atoms with van der Waals surface area (Å²) in [6, 6.07) is 7.92. The summed E-state index contributed by atoms with van der Waals surface area (Å²) < 4.78 is 28.9. The molecular weight excluding hydrogens is 394 g/mol. The number of nitrogens with one attached hydrogen (secondary N) is 2. The number of carbonyl (C=O) groups excluding carboxylic acids is 1. The Morgan fingerprint density at radius 2 is 1.75 bits per heavy atom. The van der Waals surface area contributed by atoms with Crippen LogP contribution in [-0.2, 0) is 14.8 Å². The van der Waals surface area contributed by atoms with E-state index in [4.69, 9.17) is 0 Å². The van der Waals surface area contributed by atoms with Gasteiger partial charge in [0.2, 0.25) is 15.9 Å². The highest BCUT2D eigenvalue weighted by atomic mass is 32.2. The molecule has 1 saturated heterocycles. The molecule has 1 aromatic carbocycles. The van der Waals surface area contributed by atoms with Crippen molar-refractivity contribution in [1.29, 1.82) is 0 Å². The van der Waals surface area contributed by atoms with Crippen molar-refractivity contribution in [3.05, 3.63) is 24.3 Å². The standard InChI is InChI=1S/C20H31N3O3S2/c1-20(2,3)28(25,26)22-17-7-5-15(6-8-17)19(24)21-16-9-11-18(12-10-16)23-13-4-14-27-23/h9-12,15,17,22H,4-8,13-14H2,1-3H3,(H,21,24). The van der Waals surface area contributed by atoms with Gasteiger partial charge in [0.25, 0.3) is 0 Å². The van der Waals surface area contributed by atoms with E-state index in [9.17, 15) is 13.2 Å². The second kappa shape index (κ2) is 8.63. The van der Waals surface area contributed by atoms with Crippen LogP contribution < -0.4 is 14.3 Å². The van der Waals surface area contributed by atoms with Crippen LogP contribution in [0.25, 0.3) is 0 Å². The van der Waals surface area contributed by atoms with Crippen molar-refractivity contribution in [2.24, 2.45) is 5.92 Å². The minimum absolute atomic E-state index is 0.0282. The monoisotopic (exact) mass is 425 g/mol. The predicted octanol–water partition coefficient (Wildman–Crippen LogP) is 3.76. The van der Waals surface area contributed by atoms with Crippen molar-refractivity contribution in [3.8, 4) is 0 Å². The summed E-state index contributed by atoms with van der Waals surface area (Å²) in [4.78, 5) is 12.6. The Hall–Kier alpha value is -1.25. The Labute approximate surface area is 173 Å². The highest BCUT2D eigenvalue weighted by Crippen LogP contribution is 2.30. The van der Waals surface area contributed by atoms with Crippen LogP contribution in [0.4, 0.5) is 11.4 Å². The molecule has 28 heavy (non-hydrogen) atoms. The summed E-state index contributed by atoms with van der Waals surface area (Å²) in [5.41, 5.74) is 1.99. The fourth-order valence-electron chi connectivity index (χ4n) is 3.48. The summed E-state index contributed by atoms with van der Waals surface area (Å²) in [5.74, 6) is 1.12. The molecule has 0 spiro atoms. The number of rotatable bonds is 5. The van der Waals surface area contributed by atoms with Gasteiger partial charge in [0.1, 0.15) is 0 Å². The number of hydrogen-bond acceptors (Lipinski definition) is 5. The van der Waals surface area contributed by atoms with E-state index in [-0.39, 0.29) is 17.9 Å². The molecule has 2 aliphatic rings. The van der Waals surface area contributed by atoms with E-state index in [1.54, 1.807) is 20.8 Å². The molecule has 2 N–H and O–H groups in total. The van der Waals surface area contributed by atoms with Crippen LogP contribution in [0.2, 0.25) is 0 Å². The molecule has 0 aromatic heterocycles. The van der Waals surface area contributed by atoms with Crippen LogP contribution in [0.5, 0.6) is 0 Å². The molecule has 3 rings (SSSR count). The zero-order valence-corrected chi connectivity index (χ0v) is 18.5. The zero-order chi connectivity index (χ0) is 20.4. The maximum absolute atomic E-state index is 12.6. The van der Waals surface area contributed by atoms with Crippen molar-refractivity contribution < 1.29 is 13.2 Å². The van der Waals surface area contributed by atoms with Gasteiger partial charge < -0.3 is 9.62 Å². The number of anilines is 2. The molecule has 1 aliphatic carbocycles. The summed E-state index contributed by atoms with van der Waals surface area (Å²) in [6.07, 6.45) is 3.99. The van der Waals surface area contributed by atoms with Crippen LogP contribution in [-0.4, -0.2) is 37.4 Å². The van der Waals surface area contributed by atoms with E-state index in [0.717, 1.165) is 18.0 Å². The molecule has 6 nitrogen and oxygen atoms in total. The minimum atomic E-state index is -3.35. The van der Waals surface area contributed by atoms with Gasteiger partial charge >= 0.3 is 0 Å². The predicted molar refractivity (Wildman–Crippen MR) is 117 cm³/mol. The Morgan fingerprint density at radius 1 is 1.11 bits per heavy atom. The fraction of sp³-hybridized carbons (Fsp3) is 0.650. The fourth-order valence-corrected chi connectivity index (χ4v) is 5.51. The van der Waals surface area contributed by atoms with Gasteiger partial charge in [-0.2, -0.15) is 0 Å². The van der Waals surface area contributed by atoms with E-state index in [0.29, 0.717) is 25.7 Å². The van der Waals surface area contributed by atoms with Gasteiger partial charge in [-0.25, -0.2) is 13.1 Å². The third-order valence-electron chi connectivity index (χ3n) is 5.40. The topological polar surface area (TPSA) is 78.5 Å². The Morgan fingerprint density at radius 3 is 2.29 bits per heavy atom. The smallest absolute Gasteiger partial charge is 0.227 e. The van der Waals surface area contributed by atoms with Gasteiger partial charge in [-0.05, 0) is 89.1 Å². The third kappa shape index (κ3) is 5.21. The third-order valence-corrected chi connectivity index (χ3v) is 8.83. The minimum Gasteiger partial charge on any atom is -0.326 e. The lowest BCUT2D eigenvalue weighted by molar-refractivity contribution is -0.120. The molecule has 156 valence electrons. The summed E-state index contributed by atoms with van der Waals surface area (Å²) in [7, 11) is -3.35. The Bertz CT molecular complexity index is 774. The van der Waals surface area contributed by atoms with Crippen molar-refractivity contribution >= 4 is 39.3 Å². The lowest BCUT2D eigenvalue weighted by Crippen LogP contribution is -2.46. The van der Waals surface area contributed by atoms with Crippen LogP contribution in [0.15, 0.2) is 24.3 Å². The maximum atomic E-state index is 12.6. The summed E-state index contributed by atoms with van der Waals surface area (Å²) >= 11 is 1.84. The van der Waals surface area contributed by atoms with Crippen molar-refractivity contribution in [2.45, 2.75) is 63.7 Å². The van der Waals surface area contributed by atoms with Crippen LogP contribution in [0.1, 0.15) is 52.9 Å². The number of carbonyl (C=O) groups is 1.